The molecule has 176 valence electrons. The fourth-order valence-electron chi connectivity index (χ4n) is 3.45. The predicted octanol–water partition coefficient (Wildman–Crippen LogP) is -1.06. The molecule has 1 aliphatic heterocycles. The molecule has 7 N–H and O–H groups in total. The van der Waals surface area contributed by atoms with Crippen LogP contribution in [0.3, 0.4) is 0 Å². The largest absolute Gasteiger partial charge is 0.480 e. The van der Waals surface area contributed by atoms with E-state index in [0.29, 0.717) is 12.8 Å². The summed E-state index contributed by atoms with van der Waals surface area (Å²) in [5.41, 5.74) is 11.2. The lowest BCUT2D eigenvalue weighted by Gasteiger charge is -2.29. The van der Waals surface area contributed by atoms with Crippen LogP contribution in [0.4, 0.5) is 0 Å². The molecule has 0 radical (unpaired) electrons. The number of hydrogen-bond acceptors (Lipinski definition) is 6. The fourth-order valence-corrected chi connectivity index (χ4v) is 3.45. The number of nitrogens with one attached hydrogen (secondary N) is 2. The molecular weight excluding hydrogens is 406 g/mol. The number of carboxylic acids is 1. The van der Waals surface area contributed by atoms with Crippen molar-refractivity contribution in [2.24, 2.45) is 23.3 Å². The van der Waals surface area contributed by atoms with E-state index in [4.69, 9.17) is 11.5 Å². The van der Waals surface area contributed by atoms with Crippen molar-refractivity contribution in [2.45, 2.75) is 77.5 Å². The van der Waals surface area contributed by atoms with Gasteiger partial charge in [-0.3, -0.25) is 19.2 Å². The molecular formula is C20H35N5O6. The highest BCUT2D eigenvalue weighted by atomic mass is 16.4. The third kappa shape index (κ3) is 7.20. The second kappa shape index (κ2) is 11.6. The number of amides is 4. The Bertz CT molecular complexity index is 698. The van der Waals surface area contributed by atoms with Crippen LogP contribution in [-0.4, -0.2) is 70.3 Å². The van der Waals surface area contributed by atoms with Gasteiger partial charge in [0.1, 0.15) is 18.1 Å². The zero-order chi connectivity index (χ0) is 23.9. The van der Waals surface area contributed by atoms with Crippen LogP contribution in [0.15, 0.2) is 0 Å². The molecule has 4 amide bonds. The number of carbonyl (C=O) groups is 5. The molecule has 0 aliphatic carbocycles. The van der Waals surface area contributed by atoms with E-state index in [2.05, 4.69) is 10.6 Å². The van der Waals surface area contributed by atoms with Gasteiger partial charge in [0.2, 0.25) is 23.6 Å². The normalized spacial score (nSPS) is 19.9. The third-order valence-corrected chi connectivity index (χ3v) is 5.65. The second-order valence-corrected chi connectivity index (χ2v) is 8.40. The summed E-state index contributed by atoms with van der Waals surface area (Å²) < 4.78 is 0. The Labute approximate surface area is 182 Å². The maximum absolute atomic E-state index is 12.9. The highest BCUT2D eigenvalue weighted by Gasteiger charge is 2.39. The molecule has 5 atom stereocenters. The Morgan fingerprint density at radius 1 is 1.10 bits per heavy atom. The molecule has 1 saturated heterocycles. The number of likely N-dealkylation sites (tertiary alicyclic amines) is 1. The Balaban J connectivity index is 2.99. The molecule has 1 rings (SSSR count). The van der Waals surface area contributed by atoms with Gasteiger partial charge in [-0.1, -0.05) is 34.1 Å². The summed E-state index contributed by atoms with van der Waals surface area (Å²) >= 11 is 0. The summed E-state index contributed by atoms with van der Waals surface area (Å²) in [6.45, 7) is 7.35. The Kier molecular flexibility index (Phi) is 9.89. The molecule has 1 heterocycles. The zero-order valence-corrected chi connectivity index (χ0v) is 18.6. The van der Waals surface area contributed by atoms with Crippen LogP contribution >= 0.6 is 0 Å². The topological polar surface area (TPSA) is 185 Å². The van der Waals surface area contributed by atoms with Gasteiger partial charge in [-0.05, 0) is 24.7 Å². The molecule has 1 aliphatic rings. The van der Waals surface area contributed by atoms with Gasteiger partial charge in [0.25, 0.3) is 0 Å². The van der Waals surface area contributed by atoms with Gasteiger partial charge in [0, 0.05) is 6.54 Å². The van der Waals surface area contributed by atoms with Crippen molar-refractivity contribution in [1.29, 1.82) is 0 Å². The first-order valence-electron chi connectivity index (χ1n) is 10.6. The minimum Gasteiger partial charge on any atom is -0.480 e. The minimum atomic E-state index is -1.33. The summed E-state index contributed by atoms with van der Waals surface area (Å²) in [6, 6.07) is -4.15. The van der Waals surface area contributed by atoms with E-state index in [1.807, 2.05) is 13.8 Å². The van der Waals surface area contributed by atoms with E-state index >= 15 is 0 Å². The molecule has 1 fully saturated rings. The van der Waals surface area contributed by atoms with Crippen LogP contribution in [0.5, 0.6) is 0 Å². The number of nitrogens with zero attached hydrogens (tertiary/aromatic N) is 1. The third-order valence-electron chi connectivity index (χ3n) is 5.65. The van der Waals surface area contributed by atoms with Gasteiger partial charge in [-0.25, -0.2) is 4.79 Å². The Morgan fingerprint density at radius 2 is 1.71 bits per heavy atom. The summed E-state index contributed by atoms with van der Waals surface area (Å²) in [6.07, 6.45) is 0.982. The minimum absolute atomic E-state index is 0.0943. The molecule has 0 saturated carbocycles. The van der Waals surface area contributed by atoms with Crippen LogP contribution < -0.4 is 22.1 Å². The zero-order valence-electron chi connectivity index (χ0n) is 18.6. The van der Waals surface area contributed by atoms with Gasteiger partial charge in [0.05, 0.1) is 12.5 Å². The van der Waals surface area contributed by atoms with Crippen molar-refractivity contribution in [3.8, 4) is 0 Å². The molecule has 11 heteroatoms. The SMILES string of the molecule is CCC(C)C(N)C(=O)NC(C(=O)NC(CC(N)=O)C(=O)N1CCCC1C(=O)O)C(C)C. The van der Waals surface area contributed by atoms with Gasteiger partial charge >= 0.3 is 5.97 Å². The highest BCUT2D eigenvalue weighted by Crippen LogP contribution is 2.19. The number of rotatable bonds is 11. The molecule has 5 unspecified atom stereocenters. The maximum Gasteiger partial charge on any atom is 0.326 e. The van der Waals surface area contributed by atoms with E-state index in [9.17, 15) is 29.1 Å². The Hall–Kier alpha value is -2.69. The number of nitrogens with two attached hydrogens (primary N) is 2. The van der Waals surface area contributed by atoms with Crippen LogP contribution in [0.25, 0.3) is 0 Å². The van der Waals surface area contributed by atoms with Crippen molar-refractivity contribution in [2.75, 3.05) is 6.54 Å². The molecule has 0 spiro atoms. The van der Waals surface area contributed by atoms with Gasteiger partial charge in [-0.2, -0.15) is 0 Å². The van der Waals surface area contributed by atoms with E-state index in [1.165, 1.54) is 0 Å². The van der Waals surface area contributed by atoms with Crippen LogP contribution in [0.2, 0.25) is 0 Å². The molecule has 0 aromatic rings. The number of aliphatic carboxylic acids is 1. The lowest BCUT2D eigenvalue weighted by molar-refractivity contribution is -0.149. The number of carbonyl (C=O) groups excluding carboxylic acids is 4. The molecule has 11 nitrogen and oxygen atoms in total. The summed E-state index contributed by atoms with van der Waals surface area (Å²) in [4.78, 5) is 62.3. The van der Waals surface area contributed by atoms with Crippen LogP contribution in [0, 0.1) is 11.8 Å². The van der Waals surface area contributed by atoms with E-state index in [-0.39, 0.29) is 24.8 Å². The van der Waals surface area contributed by atoms with Gasteiger partial charge in [0.15, 0.2) is 0 Å². The smallest absolute Gasteiger partial charge is 0.326 e. The predicted molar refractivity (Wildman–Crippen MR) is 112 cm³/mol. The van der Waals surface area contributed by atoms with Crippen molar-refractivity contribution in [3.05, 3.63) is 0 Å². The first-order chi connectivity index (χ1) is 14.4. The lowest BCUT2D eigenvalue weighted by Crippen LogP contribution is -2.59. The standard InChI is InChI=1S/C20H35N5O6/c1-5-11(4)15(22)17(27)24-16(10(2)3)18(28)23-12(9-14(21)26)19(29)25-8-6-7-13(25)20(30)31/h10-13,15-16H,5-9,22H2,1-4H3,(H2,21,26)(H,23,28)(H,24,27)(H,30,31). The highest BCUT2D eigenvalue weighted by molar-refractivity contribution is 5.96. The average Bonchev–Trinajstić information content (AvgIpc) is 3.18. The summed E-state index contributed by atoms with van der Waals surface area (Å²) in [5, 5.41) is 14.4. The van der Waals surface area contributed by atoms with Gasteiger partial charge in [-0.15, -0.1) is 0 Å². The van der Waals surface area contributed by atoms with Crippen LogP contribution in [-0.2, 0) is 24.0 Å². The molecule has 0 aromatic heterocycles. The van der Waals surface area contributed by atoms with E-state index in [0.717, 1.165) is 4.90 Å². The second-order valence-electron chi connectivity index (χ2n) is 8.40. The van der Waals surface area contributed by atoms with Crippen LogP contribution in [0.1, 0.15) is 53.4 Å². The van der Waals surface area contributed by atoms with Crippen molar-refractivity contribution in [1.82, 2.24) is 15.5 Å². The first kappa shape index (κ1) is 26.3. The number of hydrogen-bond donors (Lipinski definition) is 5. The maximum atomic E-state index is 12.9. The molecule has 0 aromatic carbocycles. The Morgan fingerprint density at radius 3 is 2.19 bits per heavy atom. The fraction of sp³-hybridized carbons (Fsp3) is 0.750. The molecule has 31 heavy (non-hydrogen) atoms. The monoisotopic (exact) mass is 441 g/mol. The van der Waals surface area contributed by atoms with Crippen molar-refractivity contribution >= 4 is 29.6 Å². The van der Waals surface area contributed by atoms with Gasteiger partial charge < -0.3 is 32.1 Å². The number of carboxylic acid groups (broad SMARTS) is 1. The first-order valence-corrected chi connectivity index (χ1v) is 10.6. The summed E-state index contributed by atoms with van der Waals surface area (Å²) in [5.74, 6) is -4.27. The summed E-state index contributed by atoms with van der Waals surface area (Å²) in [7, 11) is 0. The molecule has 0 bridgehead atoms. The van der Waals surface area contributed by atoms with Crippen molar-refractivity contribution in [3.63, 3.8) is 0 Å². The average molecular weight is 442 g/mol. The van der Waals surface area contributed by atoms with E-state index < -0.39 is 60.2 Å². The quantitative estimate of drug-likeness (QED) is 0.270. The van der Waals surface area contributed by atoms with Crippen molar-refractivity contribution < 1.29 is 29.1 Å². The van der Waals surface area contributed by atoms with E-state index in [1.54, 1.807) is 13.8 Å². The number of primary amides is 1. The lowest BCUT2D eigenvalue weighted by atomic mass is 9.97.